The van der Waals surface area contributed by atoms with Crippen LogP contribution in [0.4, 0.5) is 10.5 Å². The molecule has 4 rings (SSSR count). The fourth-order valence-electron chi connectivity index (χ4n) is 3.45. The second-order valence-electron chi connectivity index (χ2n) is 7.13. The first-order chi connectivity index (χ1) is 14.6. The Morgan fingerprint density at radius 3 is 2.53 bits per heavy atom. The number of aromatic hydroxyl groups is 1. The molecule has 0 saturated carbocycles. The van der Waals surface area contributed by atoms with Crippen LogP contribution in [0.15, 0.2) is 72.8 Å². The van der Waals surface area contributed by atoms with Crippen molar-refractivity contribution in [1.29, 1.82) is 0 Å². The predicted octanol–water partition coefficient (Wildman–Crippen LogP) is 3.87. The third-order valence-corrected chi connectivity index (χ3v) is 4.99. The van der Waals surface area contributed by atoms with E-state index in [9.17, 15) is 14.7 Å². The SMILES string of the molecule is O=C(NCc1cccc(N2CCOC2=O)c1)c1cc(Cc2ccccc2)ccc1O. The summed E-state index contributed by atoms with van der Waals surface area (Å²) in [7, 11) is 0. The summed E-state index contributed by atoms with van der Waals surface area (Å²) in [6.45, 7) is 1.16. The molecular weight excluding hydrogens is 380 g/mol. The maximum Gasteiger partial charge on any atom is 0.414 e. The summed E-state index contributed by atoms with van der Waals surface area (Å²) in [6, 6.07) is 22.4. The zero-order valence-electron chi connectivity index (χ0n) is 16.4. The highest BCUT2D eigenvalue weighted by Gasteiger charge is 2.23. The lowest BCUT2D eigenvalue weighted by molar-refractivity contribution is 0.0948. The van der Waals surface area contributed by atoms with Crippen LogP contribution in [0.25, 0.3) is 0 Å². The van der Waals surface area contributed by atoms with Crippen LogP contribution in [0, 0.1) is 0 Å². The number of nitrogens with one attached hydrogen (secondary N) is 1. The number of nitrogens with zero attached hydrogens (tertiary/aromatic N) is 1. The van der Waals surface area contributed by atoms with Crippen molar-refractivity contribution in [3.05, 3.63) is 95.1 Å². The Balaban J connectivity index is 1.44. The lowest BCUT2D eigenvalue weighted by Crippen LogP contribution is -2.25. The number of hydrogen-bond acceptors (Lipinski definition) is 4. The maximum atomic E-state index is 12.7. The van der Waals surface area contributed by atoms with E-state index in [0.717, 1.165) is 22.4 Å². The molecule has 1 aliphatic rings. The topological polar surface area (TPSA) is 78.9 Å². The second kappa shape index (κ2) is 8.69. The monoisotopic (exact) mass is 402 g/mol. The molecule has 0 unspecified atom stereocenters. The third kappa shape index (κ3) is 4.43. The van der Waals surface area contributed by atoms with Gasteiger partial charge in [0.1, 0.15) is 12.4 Å². The second-order valence-corrected chi connectivity index (χ2v) is 7.13. The number of anilines is 1. The van der Waals surface area contributed by atoms with Crippen molar-refractivity contribution in [2.75, 3.05) is 18.1 Å². The molecule has 3 aromatic carbocycles. The zero-order chi connectivity index (χ0) is 20.9. The van der Waals surface area contributed by atoms with E-state index in [1.807, 2.05) is 60.7 Å². The molecule has 0 bridgehead atoms. The first kappa shape index (κ1) is 19.5. The molecule has 6 heteroatoms. The molecule has 0 aromatic heterocycles. The molecule has 0 atom stereocenters. The Morgan fingerprint density at radius 2 is 1.77 bits per heavy atom. The Morgan fingerprint density at radius 1 is 0.967 bits per heavy atom. The van der Waals surface area contributed by atoms with E-state index in [4.69, 9.17) is 4.74 Å². The lowest BCUT2D eigenvalue weighted by Gasteiger charge is -2.14. The summed E-state index contributed by atoms with van der Waals surface area (Å²) in [5, 5.41) is 13.0. The molecule has 0 spiro atoms. The minimum Gasteiger partial charge on any atom is -0.507 e. The molecule has 0 aliphatic carbocycles. The van der Waals surface area contributed by atoms with Gasteiger partial charge in [-0.05, 0) is 47.4 Å². The van der Waals surface area contributed by atoms with Gasteiger partial charge in [0.05, 0.1) is 12.1 Å². The Bertz CT molecular complexity index is 1070. The quantitative estimate of drug-likeness (QED) is 0.656. The van der Waals surface area contributed by atoms with Crippen LogP contribution < -0.4 is 10.2 Å². The van der Waals surface area contributed by atoms with Crippen molar-refractivity contribution in [2.24, 2.45) is 0 Å². The third-order valence-electron chi connectivity index (χ3n) is 4.99. The Hall–Kier alpha value is -3.80. The highest BCUT2D eigenvalue weighted by atomic mass is 16.6. The molecule has 1 saturated heterocycles. The number of phenols is 1. The standard InChI is InChI=1S/C24H22N2O4/c27-22-10-9-18(13-17-5-2-1-3-6-17)15-21(22)23(28)25-16-19-7-4-8-20(14-19)26-11-12-30-24(26)29/h1-10,14-15,27H,11-13,16H2,(H,25,28). The molecule has 1 heterocycles. The predicted molar refractivity (Wildman–Crippen MR) is 114 cm³/mol. The van der Waals surface area contributed by atoms with Crippen LogP contribution in [-0.2, 0) is 17.7 Å². The molecule has 1 aliphatic heterocycles. The number of cyclic esters (lactones) is 1. The van der Waals surface area contributed by atoms with Gasteiger partial charge in [-0.2, -0.15) is 0 Å². The van der Waals surface area contributed by atoms with Gasteiger partial charge in [-0.15, -0.1) is 0 Å². The number of rotatable bonds is 6. The zero-order valence-corrected chi connectivity index (χ0v) is 16.4. The molecule has 1 fully saturated rings. The molecule has 152 valence electrons. The molecule has 2 N–H and O–H groups in total. The number of carbonyl (C=O) groups is 2. The van der Waals surface area contributed by atoms with E-state index in [0.29, 0.717) is 19.6 Å². The van der Waals surface area contributed by atoms with Crippen molar-refractivity contribution in [1.82, 2.24) is 5.32 Å². The van der Waals surface area contributed by atoms with Gasteiger partial charge in [-0.1, -0.05) is 48.5 Å². The van der Waals surface area contributed by atoms with E-state index < -0.39 is 0 Å². The maximum absolute atomic E-state index is 12.7. The molecule has 2 amide bonds. The number of phenolic OH excluding ortho intramolecular Hbond substituents is 1. The molecular formula is C24H22N2O4. The van der Waals surface area contributed by atoms with Crippen molar-refractivity contribution in [3.63, 3.8) is 0 Å². The van der Waals surface area contributed by atoms with Gasteiger partial charge in [0.15, 0.2) is 0 Å². The largest absolute Gasteiger partial charge is 0.507 e. The highest BCUT2D eigenvalue weighted by Crippen LogP contribution is 2.22. The summed E-state index contributed by atoms with van der Waals surface area (Å²) in [5.74, 6) is -0.411. The molecule has 3 aromatic rings. The Labute approximate surface area is 174 Å². The Kier molecular flexibility index (Phi) is 5.66. The minimum atomic E-state index is -0.365. The first-order valence-corrected chi connectivity index (χ1v) is 9.77. The molecule has 6 nitrogen and oxygen atoms in total. The van der Waals surface area contributed by atoms with Gasteiger partial charge in [0.25, 0.3) is 5.91 Å². The highest BCUT2D eigenvalue weighted by molar-refractivity contribution is 5.97. The summed E-state index contributed by atoms with van der Waals surface area (Å²) in [6.07, 6.45) is 0.311. The number of amides is 2. The van der Waals surface area contributed by atoms with E-state index >= 15 is 0 Å². The van der Waals surface area contributed by atoms with Gasteiger partial charge < -0.3 is 15.2 Å². The smallest absolute Gasteiger partial charge is 0.414 e. The van der Waals surface area contributed by atoms with E-state index in [1.165, 1.54) is 0 Å². The van der Waals surface area contributed by atoms with Crippen molar-refractivity contribution in [2.45, 2.75) is 13.0 Å². The van der Waals surface area contributed by atoms with Gasteiger partial charge >= 0.3 is 6.09 Å². The lowest BCUT2D eigenvalue weighted by atomic mass is 10.0. The van der Waals surface area contributed by atoms with E-state index in [2.05, 4.69) is 5.32 Å². The van der Waals surface area contributed by atoms with Crippen LogP contribution in [0.1, 0.15) is 27.0 Å². The average Bonchev–Trinajstić information content (AvgIpc) is 3.20. The van der Waals surface area contributed by atoms with E-state index in [-0.39, 0.29) is 29.9 Å². The van der Waals surface area contributed by atoms with Crippen molar-refractivity contribution in [3.8, 4) is 5.75 Å². The summed E-state index contributed by atoms with van der Waals surface area (Å²) in [4.78, 5) is 26.0. The average molecular weight is 402 g/mol. The van der Waals surface area contributed by atoms with E-state index in [1.54, 1.807) is 17.0 Å². The van der Waals surface area contributed by atoms with Crippen molar-refractivity contribution < 1.29 is 19.4 Å². The number of benzene rings is 3. The minimum absolute atomic E-state index is 0.0575. The van der Waals surface area contributed by atoms with Gasteiger partial charge in [0, 0.05) is 12.2 Å². The summed E-state index contributed by atoms with van der Waals surface area (Å²) < 4.78 is 4.97. The van der Waals surface area contributed by atoms with Crippen LogP contribution in [0.5, 0.6) is 5.75 Å². The first-order valence-electron chi connectivity index (χ1n) is 9.77. The van der Waals surface area contributed by atoms with Crippen LogP contribution in [0.3, 0.4) is 0 Å². The van der Waals surface area contributed by atoms with Crippen molar-refractivity contribution >= 4 is 17.7 Å². The normalized spacial score (nSPS) is 13.2. The van der Waals surface area contributed by atoms with Gasteiger partial charge in [-0.25, -0.2) is 4.79 Å². The number of carbonyl (C=O) groups excluding carboxylic acids is 2. The van der Waals surface area contributed by atoms with Crippen LogP contribution in [-0.4, -0.2) is 30.3 Å². The number of ether oxygens (including phenoxy) is 1. The molecule has 0 radical (unpaired) electrons. The fourth-order valence-corrected chi connectivity index (χ4v) is 3.45. The van der Waals surface area contributed by atoms with Gasteiger partial charge in [-0.3, -0.25) is 9.69 Å². The van der Waals surface area contributed by atoms with Gasteiger partial charge in [0.2, 0.25) is 0 Å². The number of hydrogen-bond donors (Lipinski definition) is 2. The van der Waals surface area contributed by atoms with Crippen LogP contribution in [0.2, 0.25) is 0 Å². The fraction of sp³-hybridized carbons (Fsp3) is 0.167. The van der Waals surface area contributed by atoms with Crippen LogP contribution >= 0.6 is 0 Å². The summed E-state index contributed by atoms with van der Waals surface area (Å²) >= 11 is 0. The molecule has 30 heavy (non-hydrogen) atoms. The summed E-state index contributed by atoms with van der Waals surface area (Å²) in [5.41, 5.74) is 3.89.